The second-order valence-corrected chi connectivity index (χ2v) is 52.4. The zero-order chi connectivity index (χ0) is 92.6. The van der Waals surface area contributed by atoms with Crippen molar-refractivity contribution < 1.29 is 284 Å². The summed E-state index contributed by atoms with van der Waals surface area (Å²) in [4.78, 5) is 169. The molecule has 10 heterocycles. The smallest absolute Gasteiger partial charge is 0.449 e. The number of hydrogen-bond donors (Lipinski definition) is 20. The third kappa shape index (κ3) is 37.8. The SMILES string of the molecule is [B]C1OC(C)(COP(=O)(O)OP(=O)(O)OP(=O)(O)O)C2OC(=S)OC12.[B]C1OC(COP(=O)(O)OP(=O)(O)OP(O)(O)=S)C2OC(=S)OC12.[B]C1OC(COP(=O)(O)OP(O)(=S)OP(=O)(O)O)C2OC(=S)OC12.[B]C1OC(COP(=O)(S)OP(=O)(O)OP(=O)(O)O)C2OC(=S)OC12.[B]C1SC(COP(=O)(O)OP(=O)(O)OP(=O)(O)O)C2OC(=S)OC12. The Morgan fingerprint density at radius 2 is 0.645 bits per heavy atom. The molecular formula is C31H52B5O61P15S9. The van der Waals surface area contributed by atoms with Gasteiger partial charge in [0.15, 0.2) is 54.9 Å². The summed E-state index contributed by atoms with van der Waals surface area (Å²) in [6, 6.07) is -3.78. The van der Waals surface area contributed by atoms with Crippen LogP contribution in [-0.4, -0.2) is 311 Å². The zero-order valence-electron chi connectivity index (χ0n) is 57.5. The quantitative estimate of drug-likeness (QED) is 0.0152. The molecule has 0 saturated carbocycles. The van der Waals surface area contributed by atoms with Gasteiger partial charge in [-0.3, -0.25) is 22.6 Å². The Bertz CT molecular complexity index is 4160. The summed E-state index contributed by atoms with van der Waals surface area (Å²) in [5.74, 6) is 0. The number of thiol groups is 1. The lowest BCUT2D eigenvalue weighted by molar-refractivity contribution is -0.0787. The van der Waals surface area contributed by atoms with E-state index in [1.807, 2.05) is 0 Å². The molecule has 0 aromatic carbocycles. The lowest BCUT2D eigenvalue weighted by atomic mass is 9.90. The molecule has 0 aromatic heterocycles. The Labute approximate surface area is 726 Å². The minimum Gasteiger partial charge on any atom is -0.449 e. The molecule has 0 spiro atoms. The Morgan fingerprint density at radius 1 is 0.347 bits per heavy atom. The summed E-state index contributed by atoms with van der Waals surface area (Å²) in [6.45, 7) is -15.6. The fraction of sp³-hybridized carbons (Fsp3) is 0.839. The summed E-state index contributed by atoms with van der Waals surface area (Å²) < 4.78 is 278. The molecule has 19 N–H and O–H groups in total. The van der Waals surface area contributed by atoms with E-state index >= 15 is 0 Å². The summed E-state index contributed by atoms with van der Waals surface area (Å²) in [5.41, 5.74) is -1.45. The highest BCUT2D eigenvalue weighted by atomic mass is 32.7. The molecule has 686 valence electrons. The molecule has 10 radical (unpaired) electrons. The minimum atomic E-state index is -5.61. The van der Waals surface area contributed by atoms with Gasteiger partial charge in [-0.15, -0.1) is 0 Å². The van der Waals surface area contributed by atoms with E-state index in [9.17, 15) is 83.8 Å². The van der Waals surface area contributed by atoms with Crippen LogP contribution in [0.1, 0.15) is 6.92 Å². The van der Waals surface area contributed by atoms with Crippen molar-refractivity contribution in [3.05, 3.63) is 0 Å². The van der Waals surface area contributed by atoms with Crippen LogP contribution in [0.4, 0.5) is 0 Å². The first-order chi connectivity index (χ1) is 54.2. The van der Waals surface area contributed by atoms with Gasteiger partial charge in [-0.05, 0) is 30.5 Å². The number of thiocarbonyl (C=S) groups is 5. The van der Waals surface area contributed by atoms with Crippen LogP contribution in [0.5, 0.6) is 0 Å². The number of fused-ring (bicyclic) bond motifs is 5. The average molecular weight is 2210 g/mol. The first-order valence-corrected chi connectivity index (χ1v) is 58.6. The molecule has 30 atom stereocenters. The monoisotopic (exact) mass is 2210 g/mol. The van der Waals surface area contributed by atoms with Crippen LogP contribution < -0.4 is 0 Å². The molecule has 10 aliphatic rings. The lowest BCUT2D eigenvalue weighted by Gasteiger charge is -2.28. The Kier molecular flexibility index (Phi) is 39.5. The first kappa shape index (κ1) is 112. The van der Waals surface area contributed by atoms with Crippen molar-refractivity contribution in [2.45, 2.75) is 126 Å². The fourth-order valence-corrected chi connectivity index (χ4v) is 30.8. The van der Waals surface area contributed by atoms with E-state index in [1.165, 1.54) is 6.92 Å². The maximum absolute atomic E-state index is 11.9. The van der Waals surface area contributed by atoms with Crippen molar-refractivity contribution in [3.63, 3.8) is 0 Å². The Morgan fingerprint density at radius 3 is 1.02 bits per heavy atom. The number of phosphoric acid groups is 12. The maximum atomic E-state index is 11.9. The largest absolute Gasteiger partial charge is 0.490 e. The second-order valence-electron chi connectivity index (χ2n) is 22.9. The van der Waals surface area contributed by atoms with E-state index in [-0.39, 0.29) is 26.2 Å². The van der Waals surface area contributed by atoms with Gasteiger partial charge in [-0.25, -0.2) is 72.3 Å². The van der Waals surface area contributed by atoms with Gasteiger partial charge in [-0.2, -0.15) is 41.9 Å². The van der Waals surface area contributed by atoms with Gasteiger partial charge in [0.05, 0.1) is 70.1 Å². The normalized spacial score (nSPS) is 35.2. The van der Waals surface area contributed by atoms with Crippen molar-refractivity contribution in [3.8, 4) is 0 Å². The fourth-order valence-electron chi connectivity index (χ4n) is 9.71. The second kappa shape index (κ2) is 42.7. The summed E-state index contributed by atoms with van der Waals surface area (Å²) in [5, 5.41) is -2.02. The predicted molar refractivity (Wildman–Crippen MR) is 414 cm³/mol. The van der Waals surface area contributed by atoms with E-state index in [0.717, 1.165) is 11.8 Å². The van der Waals surface area contributed by atoms with E-state index in [4.69, 9.17) is 240 Å². The van der Waals surface area contributed by atoms with Crippen LogP contribution >= 0.6 is 199 Å². The lowest BCUT2D eigenvalue weighted by Crippen LogP contribution is -2.43. The molecule has 10 rings (SSSR count). The molecule has 121 heavy (non-hydrogen) atoms. The van der Waals surface area contributed by atoms with Crippen molar-refractivity contribution >= 4 is 288 Å². The topological polar surface area (TPSA) is 874 Å². The first-order valence-electron chi connectivity index (χ1n) is 29.6. The van der Waals surface area contributed by atoms with Crippen molar-refractivity contribution in [1.29, 1.82) is 0 Å². The van der Waals surface area contributed by atoms with Crippen LogP contribution in [0.2, 0.25) is 0 Å². The van der Waals surface area contributed by atoms with Gasteiger partial charge in [-0.1, -0.05) is 12.2 Å². The summed E-state index contributed by atoms with van der Waals surface area (Å²) in [7, 11) is -35.9. The van der Waals surface area contributed by atoms with E-state index in [1.54, 1.807) is 0 Å². The highest BCUT2D eigenvalue weighted by Crippen LogP contribution is 2.72. The molecule has 90 heteroatoms. The highest BCUT2D eigenvalue weighted by Gasteiger charge is 2.61. The number of thioether (sulfide) groups is 1. The molecule has 0 aliphatic carbocycles. The van der Waals surface area contributed by atoms with E-state index in [0.29, 0.717) is 0 Å². The molecule has 10 fully saturated rings. The highest BCUT2D eigenvalue weighted by molar-refractivity contribution is 8.45. The van der Waals surface area contributed by atoms with Gasteiger partial charge < -0.3 is 159 Å². The molecule has 0 amide bonds. The van der Waals surface area contributed by atoms with Crippen molar-refractivity contribution in [2.75, 3.05) is 33.0 Å². The minimum absolute atomic E-state index is 0.135. The molecule has 30 unspecified atom stereocenters. The van der Waals surface area contributed by atoms with E-state index < -0.39 is 267 Å². The van der Waals surface area contributed by atoms with Crippen molar-refractivity contribution in [2.24, 2.45) is 0 Å². The number of hydrogen-bond acceptors (Lipinski definition) is 50. The molecule has 0 aromatic rings. The van der Waals surface area contributed by atoms with Gasteiger partial charge in [0.2, 0.25) is 0 Å². The maximum Gasteiger partial charge on any atom is 0.490 e. The molecule has 61 nitrogen and oxygen atoms in total. The number of ether oxygens (including phenoxy) is 14. The summed E-state index contributed by atoms with van der Waals surface area (Å²) >= 11 is 36.2. The van der Waals surface area contributed by atoms with Gasteiger partial charge in [0, 0.05) is 66.2 Å². The average Bonchev–Trinajstić information content (AvgIpc) is 1.60. The number of rotatable bonds is 35. The van der Waals surface area contributed by atoms with Gasteiger partial charge in [0.25, 0.3) is 0 Å². The standard InChI is InChI=1S/C7H12BO13P3S.4C6H10BO12P3S2/c1-7(4-3(5(8)19-7)17-6(25)18-4)2-16-23(12,13)21-24(14,15)20-22(9,10)11;7-5-4-3(16-6(23)17-4)2(24-5)1-15-21(11,12)19-22(13,14)18-20(8,9)10;7-5-4-3(16-6(23)17-4)2(15-5)1-14-20(8,9)18-21(10,11)19-22(12,13)24;7-5-4-3(16-6(23)17-4)2(15-5)1-14-22(13,24)19-21(11,12)18-20(8,9)10;7-5-4-3(16-6(23)17-4)2(15-5)1-14-21(11,12)19-22(13,24)18-20(8,9)10/h3-5H,2H2,1H3,(H,12,13)(H,14,15)(H2,9,10,11);2-5H,1H2,(H,11,12)(H,13,14)(H2,8,9,10);2-5H,1H2,(H,8,9)(H,10,11)(H2,12,13,24);2*2-5H,1H2,(H,11,12)(H,13,24)(H2,8,9,10). The molecule has 10 aliphatic heterocycles. The van der Waals surface area contributed by atoms with Gasteiger partial charge in [0.1, 0.15) is 61.4 Å². The van der Waals surface area contributed by atoms with Crippen LogP contribution in [-0.2, 0) is 215 Å². The van der Waals surface area contributed by atoms with Crippen LogP contribution in [0.15, 0.2) is 0 Å². The number of phosphoric ester groups is 4. The van der Waals surface area contributed by atoms with Crippen LogP contribution in [0.3, 0.4) is 0 Å². The molecular weight excluding hydrogens is 2160 g/mol. The molecule has 10 saturated heterocycles. The molecule has 0 bridgehead atoms. The Hall–Kier alpha value is 2.24. The Balaban J connectivity index is 0.000000234. The van der Waals surface area contributed by atoms with Gasteiger partial charge >= 0.3 is 140 Å². The van der Waals surface area contributed by atoms with Crippen LogP contribution in [0.25, 0.3) is 0 Å². The zero-order valence-corrected chi connectivity index (χ0v) is 78.3. The predicted octanol–water partition coefficient (Wildman–Crippen LogP) is -1.26. The van der Waals surface area contributed by atoms with Crippen LogP contribution in [0, 0.1) is 0 Å². The van der Waals surface area contributed by atoms with E-state index in [2.05, 4.69) is 97.1 Å². The third-order valence-corrected chi connectivity index (χ3v) is 37.6. The third-order valence-electron chi connectivity index (χ3n) is 13.5. The van der Waals surface area contributed by atoms with Crippen molar-refractivity contribution in [1.82, 2.24) is 0 Å². The summed E-state index contributed by atoms with van der Waals surface area (Å²) in [6.07, 6.45) is -10.4.